The first-order chi connectivity index (χ1) is 9.11. The van der Waals surface area contributed by atoms with E-state index in [0.717, 1.165) is 44.3 Å². The molecule has 0 saturated carbocycles. The molecule has 1 aromatic rings. The molecule has 1 saturated heterocycles. The minimum absolute atomic E-state index is 0.611. The summed E-state index contributed by atoms with van der Waals surface area (Å²) in [5.74, 6) is 0. The van der Waals surface area contributed by atoms with Gasteiger partial charge in [0.2, 0.25) is 0 Å². The van der Waals surface area contributed by atoms with Gasteiger partial charge in [0.1, 0.15) is 5.15 Å². The zero-order valence-electron chi connectivity index (χ0n) is 11.9. The predicted octanol–water partition coefficient (Wildman–Crippen LogP) is 2.86. The molecule has 1 aliphatic heterocycles. The van der Waals surface area contributed by atoms with Crippen molar-refractivity contribution in [3.05, 3.63) is 10.0 Å². The molecule has 0 N–H and O–H groups in total. The van der Waals surface area contributed by atoms with E-state index in [1.54, 1.807) is 11.3 Å². The van der Waals surface area contributed by atoms with Crippen molar-refractivity contribution in [3.63, 3.8) is 0 Å². The van der Waals surface area contributed by atoms with Gasteiger partial charge in [-0.3, -0.25) is 4.90 Å². The smallest absolute Gasteiger partial charge is 0.186 e. The quantitative estimate of drug-likeness (QED) is 0.836. The largest absolute Gasteiger partial charge is 0.381 e. The van der Waals surface area contributed by atoms with E-state index in [2.05, 4.69) is 16.8 Å². The Morgan fingerprint density at radius 2 is 2.05 bits per heavy atom. The molecule has 0 unspecified atom stereocenters. The maximum Gasteiger partial charge on any atom is 0.186 e. The average molecular weight is 304 g/mol. The summed E-state index contributed by atoms with van der Waals surface area (Å²) in [7, 11) is 3.99. The van der Waals surface area contributed by atoms with Gasteiger partial charge in [-0.05, 0) is 19.4 Å². The van der Waals surface area contributed by atoms with Gasteiger partial charge in [0.25, 0.3) is 0 Å². The number of ether oxygens (including phenoxy) is 1. The Balaban J connectivity index is 2.04. The lowest BCUT2D eigenvalue weighted by atomic mass is 10.1. The Bertz CT molecular complexity index is 405. The van der Waals surface area contributed by atoms with Crippen LogP contribution >= 0.6 is 22.9 Å². The van der Waals surface area contributed by atoms with Crippen LogP contribution < -0.4 is 4.90 Å². The summed E-state index contributed by atoms with van der Waals surface area (Å²) in [5.41, 5.74) is 0. The number of hydrogen-bond acceptors (Lipinski definition) is 5. The Hall–Kier alpha value is -0.360. The minimum Gasteiger partial charge on any atom is -0.381 e. The number of thiazole rings is 1. The van der Waals surface area contributed by atoms with Gasteiger partial charge in [0.05, 0.1) is 4.88 Å². The number of halogens is 1. The number of hydrogen-bond donors (Lipinski definition) is 0. The molecule has 19 heavy (non-hydrogen) atoms. The lowest BCUT2D eigenvalue weighted by Gasteiger charge is -2.33. The van der Waals surface area contributed by atoms with Crippen LogP contribution in [-0.4, -0.2) is 49.8 Å². The minimum atomic E-state index is 0.611. The van der Waals surface area contributed by atoms with Crippen LogP contribution in [0.1, 0.15) is 24.6 Å². The van der Waals surface area contributed by atoms with Gasteiger partial charge < -0.3 is 9.64 Å². The van der Waals surface area contributed by atoms with E-state index in [1.165, 1.54) is 4.88 Å². The molecular formula is C13H22ClN3OS. The number of rotatable bonds is 5. The average Bonchev–Trinajstić information content (AvgIpc) is 2.78. The fourth-order valence-electron chi connectivity index (χ4n) is 2.34. The highest BCUT2D eigenvalue weighted by Crippen LogP contribution is 2.30. The van der Waals surface area contributed by atoms with Crippen LogP contribution in [0.4, 0.5) is 5.13 Å². The van der Waals surface area contributed by atoms with E-state index in [1.807, 2.05) is 19.0 Å². The first kappa shape index (κ1) is 15.0. The second-order valence-corrected chi connectivity index (χ2v) is 6.43. The molecule has 108 valence electrons. The fourth-order valence-corrected chi connectivity index (χ4v) is 3.55. The third kappa shape index (κ3) is 3.81. The molecule has 1 aliphatic rings. The van der Waals surface area contributed by atoms with E-state index in [0.29, 0.717) is 11.2 Å². The lowest BCUT2D eigenvalue weighted by molar-refractivity contribution is 0.0333. The van der Waals surface area contributed by atoms with E-state index >= 15 is 0 Å². The SMILES string of the molecule is CCN(Cc1sc(N(C)C)nc1Cl)C1CCOCC1. The van der Waals surface area contributed by atoms with Gasteiger partial charge in [0.15, 0.2) is 5.13 Å². The van der Waals surface area contributed by atoms with E-state index in [9.17, 15) is 0 Å². The third-order valence-electron chi connectivity index (χ3n) is 3.48. The second kappa shape index (κ2) is 6.88. The van der Waals surface area contributed by atoms with Crippen LogP contribution in [0, 0.1) is 0 Å². The Morgan fingerprint density at radius 3 is 2.58 bits per heavy atom. The van der Waals surface area contributed by atoms with Crippen molar-refractivity contribution >= 4 is 28.1 Å². The molecule has 0 aromatic carbocycles. The standard InChI is InChI=1S/C13H22ClN3OS/c1-4-17(10-5-7-18-8-6-10)9-11-12(14)15-13(19-11)16(2)3/h10H,4-9H2,1-3H3. The van der Waals surface area contributed by atoms with Crippen LogP contribution in [0.5, 0.6) is 0 Å². The molecule has 0 bridgehead atoms. The highest BCUT2D eigenvalue weighted by atomic mass is 35.5. The highest BCUT2D eigenvalue weighted by Gasteiger charge is 2.22. The van der Waals surface area contributed by atoms with Crippen molar-refractivity contribution in [2.75, 3.05) is 38.8 Å². The molecule has 0 spiro atoms. The summed E-state index contributed by atoms with van der Waals surface area (Å²) in [6, 6.07) is 0.611. The summed E-state index contributed by atoms with van der Waals surface area (Å²) in [4.78, 5) is 10.1. The monoisotopic (exact) mass is 303 g/mol. The van der Waals surface area contributed by atoms with Gasteiger partial charge >= 0.3 is 0 Å². The van der Waals surface area contributed by atoms with E-state index < -0.39 is 0 Å². The summed E-state index contributed by atoms with van der Waals surface area (Å²) in [6.07, 6.45) is 2.23. The zero-order chi connectivity index (χ0) is 13.8. The normalized spacial score (nSPS) is 17.1. The number of anilines is 1. The Labute approximate surface area is 124 Å². The summed E-state index contributed by atoms with van der Waals surface area (Å²) < 4.78 is 5.43. The zero-order valence-corrected chi connectivity index (χ0v) is 13.4. The fraction of sp³-hybridized carbons (Fsp3) is 0.769. The Kier molecular flexibility index (Phi) is 5.45. The first-order valence-electron chi connectivity index (χ1n) is 6.76. The van der Waals surface area contributed by atoms with Crippen LogP contribution in [0.2, 0.25) is 5.15 Å². The molecule has 0 atom stereocenters. The van der Waals surface area contributed by atoms with Crippen LogP contribution in [0.25, 0.3) is 0 Å². The van der Waals surface area contributed by atoms with Crippen LogP contribution in [0.3, 0.4) is 0 Å². The number of aromatic nitrogens is 1. The molecule has 0 aliphatic carbocycles. The van der Waals surface area contributed by atoms with Crippen molar-refractivity contribution in [1.82, 2.24) is 9.88 Å². The summed E-state index contributed by atoms with van der Waals surface area (Å²) >= 11 is 7.94. The first-order valence-corrected chi connectivity index (χ1v) is 7.95. The van der Waals surface area contributed by atoms with Gasteiger partial charge in [0, 0.05) is 39.9 Å². The highest BCUT2D eigenvalue weighted by molar-refractivity contribution is 7.16. The van der Waals surface area contributed by atoms with Crippen LogP contribution in [0.15, 0.2) is 0 Å². The third-order valence-corrected chi connectivity index (χ3v) is 5.11. The molecule has 2 heterocycles. The van der Waals surface area contributed by atoms with Crippen molar-refractivity contribution in [2.24, 2.45) is 0 Å². The van der Waals surface area contributed by atoms with Crippen LogP contribution in [-0.2, 0) is 11.3 Å². The van der Waals surface area contributed by atoms with Gasteiger partial charge in [-0.15, -0.1) is 0 Å². The molecule has 0 radical (unpaired) electrons. The van der Waals surface area contributed by atoms with Gasteiger partial charge in [-0.1, -0.05) is 29.9 Å². The molecular weight excluding hydrogens is 282 g/mol. The predicted molar refractivity (Wildman–Crippen MR) is 81.4 cm³/mol. The molecule has 2 rings (SSSR count). The molecule has 0 amide bonds. The molecule has 4 nitrogen and oxygen atoms in total. The molecule has 6 heteroatoms. The van der Waals surface area contributed by atoms with Gasteiger partial charge in [-0.25, -0.2) is 4.98 Å². The van der Waals surface area contributed by atoms with Crippen molar-refractivity contribution < 1.29 is 4.74 Å². The molecule has 1 aromatic heterocycles. The van der Waals surface area contributed by atoms with Gasteiger partial charge in [-0.2, -0.15) is 0 Å². The summed E-state index contributed by atoms with van der Waals surface area (Å²) in [6.45, 7) is 5.89. The van der Waals surface area contributed by atoms with Crippen molar-refractivity contribution in [3.8, 4) is 0 Å². The summed E-state index contributed by atoms with van der Waals surface area (Å²) in [5, 5.41) is 1.63. The number of nitrogens with zero attached hydrogens (tertiary/aromatic N) is 3. The maximum atomic E-state index is 6.25. The Morgan fingerprint density at radius 1 is 1.37 bits per heavy atom. The van der Waals surface area contributed by atoms with E-state index in [-0.39, 0.29) is 0 Å². The van der Waals surface area contributed by atoms with Crippen molar-refractivity contribution in [1.29, 1.82) is 0 Å². The topological polar surface area (TPSA) is 28.6 Å². The van der Waals surface area contributed by atoms with E-state index in [4.69, 9.17) is 16.3 Å². The molecule has 1 fully saturated rings. The maximum absolute atomic E-state index is 6.25. The van der Waals surface area contributed by atoms with Crippen molar-refractivity contribution in [2.45, 2.75) is 32.4 Å². The second-order valence-electron chi connectivity index (χ2n) is 5.01. The lowest BCUT2D eigenvalue weighted by Crippen LogP contribution is -2.38.